The molecule has 8 heteroatoms. The van der Waals surface area contributed by atoms with Crippen LogP contribution >= 0.6 is 11.8 Å². The molecule has 0 aliphatic carbocycles. The zero-order chi connectivity index (χ0) is 17.9. The quantitative estimate of drug-likeness (QED) is 0.541. The number of nitrogens with zero attached hydrogens (tertiary/aromatic N) is 3. The van der Waals surface area contributed by atoms with Crippen molar-refractivity contribution in [2.75, 3.05) is 23.9 Å². The van der Waals surface area contributed by atoms with Crippen molar-refractivity contribution in [3.63, 3.8) is 0 Å². The van der Waals surface area contributed by atoms with Gasteiger partial charge < -0.3 is 9.30 Å². The van der Waals surface area contributed by atoms with E-state index in [0.717, 1.165) is 34.5 Å². The van der Waals surface area contributed by atoms with E-state index in [1.165, 1.54) is 0 Å². The summed E-state index contributed by atoms with van der Waals surface area (Å²) in [7, 11) is -0.914. The third kappa shape index (κ3) is 4.76. The van der Waals surface area contributed by atoms with Crippen LogP contribution in [-0.4, -0.2) is 47.0 Å². The van der Waals surface area contributed by atoms with Gasteiger partial charge in [-0.15, -0.1) is 10.2 Å². The van der Waals surface area contributed by atoms with E-state index < -0.39 is 9.84 Å². The zero-order valence-electron chi connectivity index (χ0n) is 14.5. The summed E-state index contributed by atoms with van der Waals surface area (Å²) < 4.78 is 30.9. The van der Waals surface area contributed by atoms with E-state index in [-0.39, 0.29) is 11.7 Å². The first-order valence-corrected chi connectivity index (χ1v) is 11.2. The number of para-hydroxylation sites is 1. The maximum absolute atomic E-state index is 11.6. The van der Waals surface area contributed by atoms with Crippen molar-refractivity contribution in [3.8, 4) is 5.75 Å². The van der Waals surface area contributed by atoms with Crippen molar-refractivity contribution in [2.45, 2.75) is 24.9 Å². The summed E-state index contributed by atoms with van der Waals surface area (Å²) >= 11 is 1.60. The maximum Gasteiger partial charge on any atom is 0.191 e. The minimum absolute atomic E-state index is 0.162. The molecule has 1 saturated heterocycles. The molecule has 0 spiro atoms. The lowest BCUT2D eigenvalue weighted by molar-refractivity contribution is 0.341. The van der Waals surface area contributed by atoms with E-state index in [2.05, 4.69) is 10.2 Å². The molecule has 1 aliphatic heterocycles. The maximum atomic E-state index is 11.6. The Labute approximate surface area is 152 Å². The number of hydrogen-bond donors (Lipinski definition) is 0. The second-order valence-electron chi connectivity index (χ2n) is 6.39. The van der Waals surface area contributed by atoms with Gasteiger partial charge >= 0.3 is 0 Å². The molecule has 0 amide bonds. The fraction of sp³-hybridized carbons (Fsp3) is 0.529. The molecule has 2 heterocycles. The number of rotatable bonds is 7. The lowest BCUT2D eigenvalue weighted by Crippen LogP contribution is -2.11. The van der Waals surface area contributed by atoms with E-state index >= 15 is 0 Å². The highest BCUT2D eigenvalue weighted by Gasteiger charge is 2.29. The van der Waals surface area contributed by atoms with Gasteiger partial charge in [-0.05, 0) is 30.9 Å². The van der Waals surface area contributed by atoms with Gasteiger partial charge in [0.1, 0.15) is 11.6 Å². The Kier molecular flexibility index (Phi) is 5.68. The molecule has 1 aliphatic rings. The molecule has 0 bridgehead atoms. The molecular weight excluding hydrogens is 358 g/mol. The first-order valence-electron chi connectivity index (χ1n) is 8.34. The second kappa shape index (κ2) is 7.78. The predicted octanol–water partition coefficient (Wildman–Crippen LogP) is 2.27. The van der Waals surface area contributed by atoms with E-state index in [1.54, 1.807) is 11.8 Å². The Morgan fingerprint density at radius 3 is 2.84 bits per heavy atom. The Balaban J connectivity index is 1.49. The third-order valence-electron chi connectivity index (χ3n) is 4.39. The van der Waals surface area contributed by atoms with Gasteiger partial charge in [0.15, 0.2) is 15.0 Å². The van der Waals surface area contributed by atoms with Gasteiger partial charge in [-0.1, -0.05) is 30.0 Å². The number of aryl methyl sites for hydroxylation is 1. The predicted molar refractivity (Wildman–Crippen MR) is 98.9 cm³/mol. The zero-order valence-corrected chi connectivity index (χ0v) is 16.1. The van der Waals surface area contributed by atoms with Crippen molar-refractivity contribution >= 4 is 21.6 Å². The van der Waals surface area contributed by atoms with Gasteiger partial charge in [0.2, 0.25) is 0 Å². The number of ether oxygens (including phenoxy) is 1. The van der Waals surface area contributed by atoms with Crippen LogP contribution in [0.25, 0.3) is 0 Å². The minimum Gasteiger partial charge on any atom is -0.492 e. The Hall–Kier alpha value is -1.54. The molecule has 6 nitrogen and oxygen atoms in total. The molecule has 25 heavy (non-hydrogen) atoms. The van der Waals surface area contributed by atoms with Gasteiger partial charge in [0, 0.05) is 19.2 Å². The van der Waals surface area contributed by atoms with Gasteiger partial charge in [-0.25, -0.2) is 8.42 Å². The summed E-state index contributed by atoms with van der Waals surface area (Å²) in [5.41, 5.74) is 1.12. The Bertz CT molecular complexity index is 833. The van der Waals surface area contributed by atoms with Crippen LogP contribution in [0.15, 0.2) is 29.4 Å². The molecule has 1 aromatic carbocycles. The van der Waals surface area contributed by atoms with Crippen LogP contribution < -0.4 is 4.74 Å². The SMILES string of the molecule is Cc1ccccc1OCCSc1nnc(C[C@H]2CCS(=O)(=O)C2)n1C. The van der Waals surface area contributed by atoms with Crippen LogP contribution in [0.4, 0.5) is 0 Å². The van der Waals surface area contributed by atoms with Crippen molar-refractivity contribution in [1.29, 1.82) is 0 Å². The summed E-state index contributed by atoms with van der Waals surface area (Å²) in [4.78, 5) is 0. The van der Waals surface area contributed by atoms with Crippen LogP contribution in [0, 0.1) is 12.8 Å². The fourth-order valence-electron chi connectivity index (χ4n) is 2.94. The molecule has 0 N–H and O–H groups in total. The lowest BCUT2D eigenvalue weighted by atomic mass is 10.1. The van der Waals surface area contributed by atoms with Gasteiger partial charge in [0.25, 0.3) is 0 Å². The van der Waals surface area contributed by atoms with E-state index in [4.69, 9.17) is 4.74 Å². The normalized spacial score (nSPS) is 19.2. The third-order valence-corrected chi connectivity index (χ3v) is 7.21. The van der Waals surface area contributed by atoms with Crippen LogP contribution in [0.5, 0.6) is 5.75 Å². The van der Waals surface area contributed by atoms with Crippen molar-refractivity contribution in [3.05, 3.63) is 35.7 Å². The molecule has 0 unspecified atom stereocenters. The monoisotopic (exact) mass is 381 g/mol. The van der Waals surface area contributed by atoms with Crippen LogP contribution in [0.1, 0.15) is 17.8 Å². The Morgan fingerprint density at radius 1 is 1.32 bits per heavy atom. The van der Waals surface area contributed by atoms with Crippen molar-refractivity contribution < 1.29 is 13.2 Å². The summed E-state index contributed by atoms with van der Waals surface area (Å²) in [5.74, 6) is 3.27. The molecule has 1 fully saturated rings. The fourth-order valence-corrected chi connectivity index (χ4v) is 5.55. The molecule has 1 atom stereocenters. The Morgan fingerprint density at radius 2 is 2.12 bits per heavy atom. The highest BCUT2D eigenvalue weighted by atomic mass is 32.2. The molecule has 0 radical (unpaired) electrons. The summed E-state index contributed by atoms with van der Waals surface area (Å²) in [6.07, 6.45) is 1.39. The van der Waals surface area contributed by atoms with Crippen LogP contribution in [-0.2, 0) is 23.3 Å². The molecular formula is C17H23N3O3S2. The molecule has 0 saturated carbocycles. The minimum atomic E-state index is -2.85. The standard InChI is InChI=1S/C17H23N3O3S2/c1-13-5-3-4-6-15(13)23-8-9-24-17-19-18-16(20(17)2)11-14-7-10-25(21,22)12-14/h3-6,14H,7-12H2,1-2H3/t14-/m1/s1. The topological polar surface area (TPSA) is 74.1 Å². The number of sulfone groups is 1. The first kappa shape index (κ1) is 18.3. The molecule has 136 valence electrons. The summed E-state index contributed by atoms with van der Waals surface area (Å²) in [6.45, 7) is 2.62. The molecule has 2 aromatic rings. The van der Waals surface area contributed by atoms with E-state index in [9.17, 15) is 8.42 Å². The number of thioether (sulfide) groups is 1. The highest BCUT2D eigenvalue weighted by molar-refractivity contribution is 7.99. The molecule has 1 aromatic heterocycles. The van der Waals surface area contributed by atoms with Crippen LogP contribution in [0.2, 0.25) is 0 Å². The molecule has 3 rings (SSSR count). The highest BCUT2D eigenvalue weighted by Crippen LogP contribution is 2.24. The van der Waals surface area contributed by atoms with Crippen molar-refractivity contribution in [2.24, 2.45) is 13.0 Å². The number of benzene rings is 1. The van der Waals surface area contributed by atoms with Crippen LogP contribution in [0.3, 0.4) is 0 Å². The lowest BCUT2D eigenvalue weighted by Gasteiger charge is -2.09. The van der Waals surface area contributed by atoms with Gasteiger partial charge in [0.05, 0.1) is 18.1 Å². The smallest absolute Gasteiger partial charge is 0.191 e. The summed E-state index contributed by atoms with van der Waals surface area (Å²) in [5, 5.41) is 9.30. The van der Waals surface area contributed by atoms with Gasteiger partial charge in [-0.2, -0.15) is 0 Å². The largest absolute Gasteiger partial charge is 0.492 e. The first-order chi connectivity index (χ1) is 11.9. The second-order valence-corrected chi connectivity index (χ2v) is 9.68. The van der Waals surface area contributed by atoms with E-state index in [1.807, 2.05) is 42.8 Å². The average Bonchev–Trinajstić information content (AvgIpc) is 3.09. The van der Waals surface area contributed by atoms with Crippen molar-refractivity contribution in [1.82, 2.24) is 14.8 Å². The summed E-state index contributed by atoms with van der Waals surface area (Å²) in [6, 6.07) is 7.96. The average molecular weight is 382 g/mol. The van der Waals surface area contributed by atoms with E-state index in [0.29, 0.717) is 18.8 Å². The number of aromatic nitrogens is 3. The van der Waals surface area contributed by atoms with Gasteiger partial charge in [-0.3, -0.25) is 0 Å². The number of hydrogen-bond acceptors (Lipinski definition) is 6.